The normalized spacial score (nSPS) is 18.2. The van der Waals surface area contributed by atoms with Gasteiger partial charge in [-0.15, -0.1) is 0 Å². The summed E-state index contributed by atoms with van der Waals surface area (Å²) < 4.78 is 52.9. The second-order valence-electron chi connectivity index (χ2n) is 6.98. The summed E-state index contributed by atoms with van der Waals surface area (Å²) in [5.74, 6) is 0.597. The fourth-order valence-corrected chi connectivity index (χ4v) is 4.01. The highest BCUT2D eigenvalue weighted by Crippen LogP contribution is 2.46. The lowest BCUT2D eigenvalue weighted by Crippen LogP contribution is -2.35. The first kappa shape index (κ1) is 21.3. The minimum absolute atomic E-state index is 0.0884. The predicted molar refractivity (Wildman–Crippen MR) is 109 cm³/mol. The van der Waals surface area contributed by atoms with E-state index in [9.17, 15) is 18.0 Å². The number of rotatable bonds is 5. The van der Waals surface area contributed by atoms with E-state index < -0.39 is 24.2 Å². The van der Waals surface area contributed by atoms with Crippen molar-refractivity contribution in [2.24, 2.45) is 0 Å². The molecule has 3 aromatic rings. The molecule has 3 heterocycles. The molecule has 2 aromatic heterocycles. The van der Waals surface area contributed by atoms with Crippen LogP contribution in [0.4, 0.5) is 19.0 Å². The van der Waals surface area contributed by atoms with E-state index in [1.807, 2.05) is 0 Å². The molecule has 1 amide bonds. The molecule has 7 nitrogen and oxygen atoms in total. The van der Waals surface area contributed by atoms with Gasteiger partial charge in [-0.3, -0.25) is 4.79 Å². The lowest BCUT2D eigenvalue weighted by Gasteiger charge is -2.33. The first-order valence-corrected chi connectivity index (χ1v) is 10.1. The molecule has 0 bridgehead atoms. The Bertz CT molecular complexity index is 1060. The number of ether oxygens (including phenoxy) is 1. The van der Waals surface area contributed by atoms with E-state index >= 15 is 0 Å². The monoisotopic (exact) mass is 498 g/mol. The average Bonchev–Trinajstić information content (AvgIpc) is 3.39. The molecular weight excluding hydrogens is 481 g/mol. The van der Waals surface area contributed by atoms with Crippen molar-refractivity contribution in [2.75, 3.05) is 12.4 Å². The first-order valence-electron chi connectivity index (χ1n) is 9.33. The molecule has 0 saturated carbocycles. The van der Waals surface area contributed by atoms with Crippen molar-refractivity contribution in [3.63, 3.8) is 0 Å². The largest absolute Gasteiger partial charge is 0.497 e. The number of halogens is 4. The molecule has 0 saturated heterocycles. The van der Waals surface area contributed by atoms with Crippen molar-refractivity contribution in [3.05, 3.63) is 64.2 Å². The zero-order valence-corrected chi connectivity index (χ0v) is 17.8. The van der Waals surface area contributed by atoms with E-state index in [1.54, 1.807) is 36.4 Å². The molecule has 0 fully saturated rings. The predicted octanol–water partition coefficient (Wildman–Crippen LogP) is 4.84. The zero-order valence-electron chi connectivity index (χ0n) is 16.2. The Kier molecular flexibility index (Phi) is 5.69. The highest BCUT2D eigenvalue weighted by Gasteiger charge is 2.47. The molecule has 1 aliphatic heterocycles. The third kappa shape index (κ3) is 4.27. The number of carbonyl (C=O) groups excluding carboxylic acids is 1. The fraction of sp³-hybridized carbons (Fsp3) is 0.300. The number of nitrogens with zero attached hydrogens (tertiary/aromatic N) is 2. The standard InChI is InChI=1S/C20H18BrF3N4O3/c1-30-12-6-4-11(5-7-12)14-9-15(20(22,23)24)28-18(26-14)16(21)17(27-28)19(29)25-10-13-3-2-8-31-13/h2-8,14-15,26H,9-10H2,1H3,(H,25,29)/t14-,15-/m1/s1. The summed E-state index contributed by atoms with van der Waals surface area (Å²) in [5, 5.41) is 9.66. The number of aromatic nitrogens is 2. The first-order chi connectivity index (χ1) is 14.8. The van der Waals surface area contributed by atoms with Crippen LogP contribution >= 0.6 is 15.9 Å². The van der Waals surface area contributed by atoms with Crippen LogP contribution in [-0.4, -0.2) is 29.0 Å². The number of hydrogen-bond acceptors (Lipinski definition) is 5. The minimum atomic E-state index is -4.55. The van der Waals surface area contributed by atoms with Gasteiger partial charge in [0.1, 0.15) is 17.3 Å². The van der Waals surface area contributed by atoms with Gasteiger partial charge in [-0.2, -0.15) is 18.3 Å². The number of nitrogens with one attached hydrogen (secondary N) is 2. The molecule has 0 unspecified atom stereocenters. The van der Waals surface area contributed by atoms with Gasteiger partial charge in [-0.25, -0.2) is 4.68 Å². The number of carbonyl (C=O) groups is 1. The molecule has 4 rings (SSSR count). The van der Waals surface area contributed by atoms with Crippen LogP contribution in [0.25, 0.3) is 0 Å². The molecule has 2 atom stereocenters. The molecule has 1 aliphatic rings. The van der Waals surface area contributed by atoms with E-state index in [1.165, 1.54) is 13.4 Å². The van der Waals surface area contributed by atoms with E-state index in [2.05, 4.69) is 31.7 Å². The van der Waals surface area contributed by atoms with Gasteiger partial charge in [0.05, 0.1) is 30.4 Å². The minimum Gasteiger partial charge on any atom is -0.497 e. The fourth-order valence-electron chi connectivity index (χ4n) is 3.45. The second kappa shape index (κ2) is 8.29. The number of methoxy groups -OCH3 is 1. The van der Waals surface area contributed by atoms with Crippen molar-refractivity contribution in [1.82, 2.24) is 15.1 Å². The molecule has 0 radical (unpaired) electrons. The summed E-state index contributed by atoms with van der Waals surface area (Å²) in [6, 6.07) is 7.62. The molecule has 164 valence electrons. The number of hydrogen-bond donors (Lipinski definition) is 2. The molecule has 1 aromatic carbocycles. The summed E-state index contributed by atoms with van der Waals surface area (Å²) in [6.45, 7) is 0.0884. The summed E-state index contributed by atoms with van der Waals surface area (Å²) in [4.78, 5) is 12.6. The van der Waals surface area contributed by atoms with Crippen molar-refractivity contribution in [3.8, 4) is 5.75 Å². The second-order valence-corrected chi connectivity index (χ2v) is 7.77. The maximum atomic E-state index is 13.9. The van der Waals surface area contributed by atoms with Crippen LogP contribution in [0.1, 0.15) is 40.3 Å². The summed E-state index contributed by atoms with van der Waals surface area (Å²) >= 11 is 3.26. The van der Waals surface area contributed by atoms with E-state index in [4.69, 9.17) is 9.15 Å². The lowest BCUT2D eigenvalue weighted by molar-refractivity contribution is -0.173. The average molecular weight is 499 g/mol. The Hall–Kier alpha value is -2.95. The van der Waals surface area contributed by atoms with Crippen LogP contribution in [0.5, 0.6) is 5.75 Å². The van der Waals surface area contributed by atoms with Gasteiger partial charge >= 0.3 is 6.18 Å². The van der Waals surface area contributed by atoms with Crippen molar-refractivity contribution >= 4 is 27.7 Å². The third-order valence-corrected chi connectivity index (χ3v) is 5.78. The van der Waals surface area contributed by atoms with Gasteiger partial charge < -0.3 is 19.8 Å². The Balaban J connectivity index is 1.64. The van der Waals surface area contributed by atoms with Crippen LogP contribution in [0.2, 0.25) is 0 Å². The molecular formula is C20H18BrF3N4O3. The molecule has 2 N–H and O–H groups in total. The van der Waals surface area contributed by atoms with E-state index in [-0.39, 0.29) is 29.0 Å². The topological polar surface area (TPSA) is 81.3 Å². The Morgan fingerprint density at radius 3 is 2.71 bits per heavy atom. The van der Waals surface area contributed by atoms with Crippen LogP contribution in [0.3, 0.4) is 0 Å². The van der Waals surface area contributed by atoms with Gasteiger partial charge in [0.2, 0.25) is 0 Å². The van der Waals surface area contributed by atoms with Gasteiger partial charge in [0.15, 0.2) is 11.7 Å². The number of fused-ring (bicyclic) bond motifs is 1. The smallest absolute Gasteiger partial charge is 0.410 e. The summed E-state index contributed by atoms with van der Waals surface area (Å²) in [7, 11) is 1.52. The van der Waals surface area contributed by atoms with E-state index in [0.29, 0.717) is 17.1 Å². The SMILES string of the molecule is COc1ccc([C@H]2C[C@H](C(F)(F)F)n3nc(C(=O)NCc4ccco4)c(Br)c3N2)cc1. The van der Waals surface area contributed by atoms with Crippen LogP contribution in [-0.2, 0) is 6.54 Å². The van der Waals surface area contributed by atoms with Crippen molar-refractivity contribution in [1.29, 1.82) is 0 Å². The number of benzene rings is 1. The highest BCUT2D eigenvalue weighted by atomic mass is 79.9. The zero-order chi connectivity index (χ0) is 22.2. The number of furan rings is 1. The van der Waals surface area contributed by atoms with Gasteiger partial charge in [-0.05, 0) is 45.8 Å². The maximum absolute atomic E-state index is 13.9. The van der Waals surface area contributed by atoms with Crippen LogP contribution < -0.4 is 15.4 Å². The van der Waals surface area contributed by atoms with Crippen LogP contribution in [0.15, 0.2) is 51.6 Å². The van der Waals surface area contributed by atoms with Crippen LogP contribution in [0, 0.1) is 0 Å². The van der Waals surface area contributed by atoms with E-state index in [0.717, 1.165) is 4.68 Å². The summed E-state index contributed by atoms with van der Waals surface area (Å²) in [6.07, 6.45) is -3.36. The third-order valence-electron chi connectivity index (χ3n) is 5.03. The van der Waals surface area contributed by atoms with Gasteiger partial charge in [-0.1, -0.05) is 12.1 Å². The maximum Gasteiger partial charge on any atom is 0.410 e. The van der Waals surface area contributed by atoms with Crippen molar-refractivity contribution < 1.29 is 27.1 Å². The Labute approximate surface area is 183 Å². The lowest BCUT2D eigenvalue weighted by atomic mass is 9.97. The molecule has 31 heavy (non-hydrogen) atoms. The quantitative estimate of drug-likeness (QED) is 0.526. The Morgan fingerprint density at radius 1 is 1.35 bits per heavy atom. The Morgan fingerprint density at radius 2 is 2.10 bits per heavy atom. The molecule has 0 spiro atoms. The van der Waals surface area contributed by atoms with Crippen molar-refractivity contribution in [2.45, 2.75) is 31.2 Å². The van der Waals surface area contributed by atoms with Gasteiger partial charge in [0.25, 0.3) is 5.91 Å². The molecule has 11 heteroatoms. The molecule has 0 aliphatic carbocycles. The summed E-state index contributed by atoms with van der Waals surface area (Å²) in [5.41, 5.74) is 0.525. The number of amides is 1. The number of alkyl halides is 3. The number of anilines is 1. The highest BCUT2D eigenvalue weighted by molar-refractivity contribution is 9.10. The van der Waals surface area contributed by atoms with Gasteiger partial charge in [0, 0.05) is 6.42 Å².